The van der Waals surface area contributed by atoms with Crippen LogP contribution in [0, 0.1) is 0 Å². The quantitative estimate of drug-likeness (QED) is 0.703. The summed E-state index contributed by atoms with van der Waals surface area (Å²) in [5.74, 6) is 1.58. The van der Waals surface area contributed by atoms with Gasteiger partial charge in [0.1, 0.15) is 6.33 Å². The van der Waals surface area contributed by atoms with Crippen LogP contribution in [0.25, 0.3) is 11.2 Å². The number of aromatic nitrogens is 5. The fraction of sp³-hybridized carbons (Fsp3) is 0.444. The fourth-order valence-corrected chi connectivity index (χ4v) is 3.45. The number of hydrogen-bond donors (Lipinski definition) is 0. The van der Waals surface area contributed by atoms with Gasteiger partial charge in [0.15, 0.2) is 17.0 Å². The van der Waals surface area contributed by atoms with E-state index in [0.29, 0.717) is 11.9 Å². The van der Waals surface area contributed by atoms with Crippen molar-refractivity contribution in [1.29, 1.82) is 0 Å². The molecule has 136 valence electrons. The Hall–Kier alpha value is -2.74. The molecule has 8 nitrogen and oxygen atoms in total. The highest BCUT2D eigenvalue weighted by molar-refractivity contribution is 5.83. The van der Waals surface area contributed by atoms with Crippen LogP contribution < -0.4 is 9.64 Å². The molecule has 1 unspecified atom stereocenters. The minimum absolute atomic E-state index is 0.380. The molecule has 0 aromatic carbocycles. The lowest BCUT2D eigenvalue weighted by atomic mass is 10.1. The molecular weight excluding hydrogens is 330 g/mol. The van der Waals surface area contributed by atoms with E-state index in [-0.39, 0.29) is 0 Å². The molecule has 0 saturated carbocycles. The predicted octanol–water partition coefficient (Wildman–Crippen LogP) is 1.48. The van der Waals surface area contributed by atoms with Crippen molar-refractivity contribution < 1.29 is 4.74 Å². The molecule has 26 heavy (non-hydrogen) atoms. The molecule has 1 atom stereocenters. The number of aryl methyl sites for hydroxylation is 1. The summed E-state index contributed by atoms with van der Waals surface area (Å²) in [6, 6.07) is 6.29. The average molecular weight is 353 g/mol. The number of pyridine rings is 1. The summed E-state index contributed by atoms with van der Waals surface area (Å²) in [6.07, 6.45) is 3.41. The molecule has 0 N–H and O–H groups in total. The van der Waals surface area contributed by atoms with Crippen molar-refractivity contribution in [2.75, 3.05) is 31.6 Å². The average Bonchev–Trinajstić information content (AvgIpc) is 3.05. The van der Waals surface area contributed by atoms with Gasteiger partial charge in [-0.1, -0.05) is 6.07 Å². The molecule has 8 heteroatoms. The monoisotopic (exact) mass is 353 g/mol. The Morgan fingerprint density at radius 1 is 1.19 bits per heavy atom. The van der Waals surface area contributed by atoms with Crippen LogP contribution in [-0.4, -0.2) is 62.2 Å². The van der Waals surface area contributed by atoms with Gasteiger partial charge in [-0.25, -0.2) is 19.9 Å². The number of nitrogens with zero attached hydrogens (tertiary/aromatic N) is 7. The van der Waals surface area contributed by atoms with Crippen molar-refractivity contribution in [3.05, 3.63) is 36.5 Å². The minimum atomic E-state index is 0.380. The first-order valence-corrected chi connectivity index (χ1v) is 8.76. The topological polar surface area (TPSA) is 72.2 Å². The zero-order valence-corrected chi connectivity index (χ0v) is 15.3. The zero-order valence-electron chi connectivity index (χ0n) is 15.3. The van der Waals surface area contributed by atoms with Gasteiger partial charge in [-0.2, -0.15) is 0 Å². The molecule has 1 aliphatic heterocycles. The SMILES string of the molecule is COc1cccc(CN2CCN(c3ncnc4c3ncn4C)CC2C)n1. The number of imidazole rings is 1. The molecule has 4 rings (SSSR count). The van der Waals surface area contributed by atoms with Gasteiger partial charge < -0.3 is 14.2 Å². The maximum Gasteiger partial charge on any atom is 0.213 e. The molecule has 1 aliphatic rings. The molecule has 0 amide bonds. The van der Waals surface area contributed by atoms with Crippen LogP contribution in [0.2, 0.25) is 0 Å². The number of hydrogen-bond acceptors (Lipinski definition) is 7. The third-order valence-electron chi connectivity index (χ3n) is 4.90. The van der Waals surface area contributed by atoms with Gasteiger partial charge in [0.2, 0.25) is 5.88 Å². The Kier molecular flexibility index (Phi) is 4.42. The predicted molar refractivity (Wildman–Crippen MR) is 99.2 cm³/mol. The molecule has 3 aromatic heterocycles. The van der Waals surface area contributed by atoms with Crippen molar-refractivity contribution in [2.45, 2.75) is 19.5 Å². The smallest absolute Gasteiger partial charge is 0.213 e. The maximum atomic E-state index is 5.23. The highest BCUT2D eigenvalue weighted by Crippen LogP contribution is 2.24. The van der Waals surface area contributed by atoms with E-state index in [2.05, 4.69) is 36.7 Å². The first-order valence-electron chi connectivity index (χ1n) is 8.76. The highest BCUT2D eigenvalue weighted by atomic mass is 16.5. The van der Waals surface area contributed by atoms with E-state index < -0.39 is 0 Å². The molecule has 0 bridgehead atoms. The lowest BCUT2D eigenvalue weighted by Gasteiger charge is -2.40. The van der Waals surface area contributed by atoms with Crippen molar-refractivity contribution in [3.63, 3.8) is 0 Å². The van der Waals surface area contributed by atoms with Crippen LogP contribution in [0.15, 0.2) is 30.9 Å². The second-order valence-electron chi connectivity index (χ2n) is 6.66. The molecule has 0 spiro atoms. The summed E-state index contributed by atoms with van der Waals surface area (Å²) < 4.78 is 7.15. The van der Waals surface area contributed by atoms with Crippen LogP contribution >= 0.6 is 0 Å². The van der Waals surface area contributed by atoms with Gasteiger partial charge in [0, 0.05) is 45.3 Å². The summed E-state index contributed by atoms with van der Waals surface area (Å²) in [5, 5.41) is 0. The summed E-state index contributed by atoms with van der Waals surface area (Å²) in [7, 11) is 3.60. The number of fused-ring (bicyclic) bond motifs is 1. The summed E-state index contributed by atoms with van der Waals surface area (Å²) in [4.78, 5) is 22.6. The third-order valence-corrected chi connectivity index (χ3v) is 4.90. The molecular formula is C18H23N7O. The van der Waals surface area contributed by atoms with Crippen molar-refractivity contribution >= 4 is 17.0 Å². The van der Waals surface area contributed by atoms with Crippen LogP contribution in [0.1, 0.15) is 12.6 Å². The van der Waals surface area contributed by atoms with Gasteiger partial charge in [-0.15, -0.1) is 0 Å². The van der Waals surface area contributed by atoms with Crippen LogP contribution in [0.3, 0.4) is 0 Å². The van der Waals surface area contributed by atoms with E-state index in [1.165, 1.54) is 0 Å². The van der Waals surface area contributed by atoms with Crippen molar-refractivity contribution in [2.24, 2.45) is 7.05 Å². The second-order valence-corrected chi connectivity index (χ2v) is 6.66. The van der Waals surface area contributed by atoms with E-state index >= 15 is 0 Å². The van der Waals surface area contributed by atoms with E-state index in [4.69, 9.17) is 4.74 Å². The summed E-state index contributed by atoms with van der Waals surface area (Å²) in [5.41, 5.74) is 2.76. The third kappa shape index (κ3) is 3.08. The second kappa shape index (κ2) is 6.87. The normalized spacial score (nSPS) is 18.4. The molecule has 1 saturated heterocycles. The van der Waals surface area contributed by atoms with Gasteiger partial charge in [-0.3, -0.25) is 4.90 Å². The molecule has 0 radical (unpaired) electrons. The van der Waals surface area contributed by atoms with Crippen LogP contribution in [-0.2, 0) is 13.6 Å². The zero-order chi connectivity index (χ0) is 18.1. The Balaban J connectivity index is 1.49. The maximum absolute atomic E-state index is 5.23. The summed E-state index contributed by atoms with van der Waals surface area (Å²) >= 11 is 0. The first kappa shape index (κ1) is 16.7. The number of rotatable bonds is 4. The Morgan fingerprint density at radius 2 is 2.08 bits per heavy atom. The van der Waals surface area contributed by atoms with Crippen LogP contribution in [0.4, 0.5) is 5.82 Å². The Bertz CT molecular complexity index is 909. The fourth-order valence-electron chi connectivity index (χ4n) is 3.45. The largest absolute Gasteiger partial charge is 0.481 e. The number of methoxy groups -OCH3 is 1. The summed E-state index contributed by atoms with van der Waals surface area (Å²) in [6.45, 7) is 5.79. The minimum Gasteiger partial charge on any atom is -0.481 e. The molecule has 0 aliphatic carbocycles. The molecule has 1 fully saturated rings. The molecule has 4 heterocycles. The van der Waals surface area contributed by atoms with Crippen LogP contribution in [0.5, 0.6) is 5.88 Å². The standard InChI is InChI=1S/C18H23N7O/c1-13-9-25(18-16-17(19-11-20-18)23(2)12-21-16)8-7-24(13)10-14-5-4-6-15(22-14)26-3/h4-6,11-13H,7-10H2,1-3H3. The van der Waals surface area contributed by atoms with Gasteiger partial charge >= 0.3 is 0 Å². The molecule has 3 aromatic rings. The Labute approximate surface area is 152 Å². The van der Waals surface area contributed by atoms with Gasteiger partial charge in [0.05, 0.1) is 19.1 Å². The van der Waals surface area contributed by atoms with E-state index in [0.717, 1.165) is 48.9 Å². The number of piperazine rings is 1. The lowest BCUT2D eigenvalue weighted by Crippen LogP contribution is -2.51. The first-order chi connectivity index (χ1) is 12.7. The number of anilines is 1. The van der Waals surface area contributed by atoms with E-state index in [1.54, 1.807) is 19.8 Å². The van der Waals surface area contributed by atoms with E-state index in [1.807, 2.05) is 29.8 Å². The van der Waals surface area contributed by atoms with Crippen molar-refractivity contribution in [3.8, 4) is 5.88 Å². The highest BCUT2D eigenvalue weighted by Gasteiger charge is 2.26. The van der Waals surface area contributed by atoms with Crippen molar-refractivity contribution in [1.82, 2.24) is 29.4 Å². The van der Waals surface area contributed by atoms with Gasteiger partial charge in [0.25, 0.3) is 0 Å². The van der Waals surface area contributed by atoms with E-state index in [9.17, 15) is 0 Å². The lowest BCUT2D eigenvalue weighted by molar-refractivity contribution is 0.178. The number of ether oxygens (including phenoxy) is 1. The van der Waals surface area contributed by atoms with Gasteiger partial charge in [-0.05, 0) is 13.0 Å². The Morgan fingerprint density at radius 3 is 2.88 bits per heavy atom.